The molecule has 4 rings (SSSR count). The van der Waals surface area contributed by atoms with Crippen LogP contribution in [0, 0.1) is 43.4 Å². The minimum atomic E-state index is -1.00. The van der Waals surface area contributed by atoms with Crippen LogP contribution in [-0.2, 0) is 23.9 Å². The molecule has 2 saturated carbocycles. The van der Waals surface area contributed by atoms with Crippen molar-refractivity contribution in [3.63, 3.8) is 0 Å². The highest BCUT2D eigenvalue weighted by Crippen LogP contribution is 2.56. The molecular formula is C24H30N2O5. The van der Waals surface area contributed by atoms with Crippen LogP contribution in [0.5, 0.6) is 0 Å². The number of likely N-dealkylation sites (tertiary alicyclic amines) is 1. The van der Waals surface area contributed by atoms with Crippen molar-refractivity contribution in [2.45, 2.75) is 53.0 Å². The monoisotopic (exact) mass is 426 g/mol. The van der Waals surface area contributed by atoms with Crippen molar-refractivity contribution in [3.05, 3.63) is 29.3 Å². The molecule has 0 aromatic heterocycles. The van der Waals surface area contributed by atoms with Gasteiger partial charge in [-0.1, -0.05) is 32.0 Å². The zero-order valence-electron chi connectivity index (χ0n) is 18.5. The quantitative estimate of drug-likeness (QED) is 0.558. The van der Waals surface area contributed by atoms with E-state index in [4.69, 9.17) is 4.74 Å². The molecular weight excluding hydrogens is 396 g/mol. The van der Waals surface area contributed by atoms with Crippen molar-refractivity contribution in [3.8, 4) is 0 Å². The number of carbonyl (C=O) groups excluding carboxylic acids is 4. The predicted octanol–water partition coefficient (Wildman–Crippen LogP) is 2.84. The lowest BCUT2D eigenvalue weighted by Crippen LogP contribution is -2.50. The first kappa shape index (κ1) is 21.5. The van der Waals surface area contributed by atoms with Gasteiger partial charge in [0.1, 0.15) is 6.04 Å². The van der Waals surface area contributed by atoms with Crippen molar-refractivity contribution >= 4 is 29.4 Å². The van der Waals surface area contributed by atoms with E-state index in [-0.39, 0.29) is 41.4 Å². The van der Waals surface area contributed by atoms with Gasteiger partial charge in [0.25, 0.3) is 5.91 Å². The van der Waals surface area contributed by atoms with Gasteiger partial charge in [-0.2, -0.15) is 0 Å². The molecule has 1 aliphatic heterocycles. The van der Waals surface area contributed by atoms with E-state index in [2.05, 4.69) is 5.32 Å². The van der Waals surface area contributed by atoms with E-state index < -0.39 is 24.5 Å². The molecule has 1 aromatic rings. The first-order valence-electron chi connectivity index (χ1n) is 11.1. The third kappa shape index (κ3) is 3.64. The molecule has 31 heavy (non-hydrogen) atoms. The normalized spacial score (nSPS) is 27.6. The largest absolute Gasteiger partial charge is 0.454 e. The summed E-state index contributed by atoms with van der Waals surface area (Å²) in [5, 5.41) is 2.78. The highest BCUT2D eigenvalue weighted by molar-refractivity contribution is 6.08. The van der Waals surface area contributed by atoms with Crippen LogP contribution in [0.3, 0.4) is 0 Å². The van der Waals surface area contributed by atoms with Gasteiger partial charge in [-0.15, -0.1) is 0 Å². The molecule has 3 amide bonds. The van der Waals surface area contributed by atoms with E-state index >= 15 is 0 Å². The van der Waals surface area contributed by atoms with E-state index in [1.54, 1.807) is 13.8 Å². The van der Waals surface area contributed by atoms with Gasteiger partial charge in [-0.05, 0) is 62.0 Å². The second-order valence-corrected chi connectivity index (χ2v) is 9.54. The number of ether oxygens (including phenoxy) is 1. The van der Waals surface area contributed by atoms with Gasteiger partial charge in [-0.3, -0.25) is 19.3 Å². The Morgan fingerprint density at radius 1 is 1.06 bits per heavy atom. The van der Waals surface area contributed by atoms with Crippen molar-refractivity contribution in [2.24, 2.45) is 29.6 Å². The maximum atomic E-state index is 13.1. The number of imide groups is 1. The molecule has 1 saturated heterocycles. The van der Waals surface area contributed by atoms with Crippen LogP contribution in [-0.4, -0.2) is 41.2 Å². The van der Waals surface area contributed by atoms with Gasteiger partial charge in [0.05, 0.1) is 11.8 Å². The minimum absolute atomic E-state index is 0.238. The van der Waals surface area contributed by atoms with Crippen LogP contribution in [0.1, 0.15) is 44.2 Å². The number of anilines is 1. The number of aryl methyl sites for hydroxylation is 2. The van der Waals surface area contributed by atoms with E-state index in [1.165, 1.54) is 0 Å². The smallest absolute Gasteiger partial charge is 0.330 e. The molecule has 0 unspecified atom stereocenters. The number of carbonyl (C=O) groups is 4. The van der Waals surface area contributed by atoms with Crippen LogP contribution in [0.25, 0.3) is 0 Å². The molecule has 7 nitrogen and oxygen atoms in total. The molecule has 2 aliphatic carbocycles. The molecule has 3 fully saturated rings. The number of rotatable bonds is 6. The van der Waals surface area contributed by atoms with Crippen LogP contribution in [0.15, 0.2) is 18.2 Å². The molecule has 0 spiro atoms. The summed E-state index contributed by atoms with van der Waals surface area (Å²) in [6.45, 7) is 6.87. The van der Waals surface area contributed by atoms with E-state index in [0.717, 1.165) is 35.3 Å². The molecule has 1 heterocycles. The summed E-state index contributed by atoms with van der Waals surface area (Å²) in [7, 11) is 0. The molecule has 0 radical (unpaired) electrons. The molecule has 2 bridgehead atoms. The van der Waals surface area contributed by atoms with Gasteiger partial charge in [0, 0.05) is 5.69 Å². The van der Waals surface area contributed by atoms with Crippen LogP contribution in [0.4, 0.5) is 5.69 Å². The van der Waals surface area contributed by atoms with E-state index in [1.807, 2.05) is 32.0 Å². The second kappa shape index (κ2) is 8.09. The number of nitrogens with one attached hydrogen (secondary N) is 1. The summed E-state index contributed by atoms with van der Waals surface area (Å²) in [5.74, 6) is -2.01. The average Bonchev–Trinajstić information content (AvgIpc) is 3.39. The lowest BCUT2D eigenvalue weighted by molar-refractivity contribution is -0.162. The molecule has 3 aliphatic rings. The first-order chi connectivity index (χ1) is 14.7. The van der Waals surface area contributed by atoms with Crippen molar-refractivity contribution in [1.82, 2.24) is 4.90 Å². The number of hydrogen-bond donors (Lipinski definition) is 1. The summed E-state index contributed by atoms with van der Waals surface area (Å²) in [5.41, 5.74) is 2.51. The topological polar surface area (TPSA) is 92.8 Å². The van der Waals surface area contributed by atoms with E-state index in [0.29, 0.717) is 5.69 Å². The number of fused-ring (bicyclic) bond motifs is 5. The Hall–Kier alpha value is -2.70. The van der Waals surface area contributed by atoms with Crippen molar-refractivity contribution in [2.75, 3.05) is 11.9 Å². The average molecular weight is 427 g/mol. The van der Waals surface area contributed by atoms with Gasteiger partial charge in [-0.25, -0.2) is 4.79 Å². The fourth-order valence-electron chi connectivity index (χ4n) is 5.79. The lowest BCUT2D eigenvalue weighted by atomic mass is 9.81. The minimum Gasteiger partial charge on any atom is -0.454 e. The third-order valence-electron chi connectivity index (χ3n) is 7.20. The zero-order valence-corrected chi connectivity index (χ0v) is 18.5. The SMILES string of the molecule is Cc1cccc(C)c1NC(=O)COC(=O)[C@@H](C(C)C)N1C(=O)[C@H]2[C@@H]3CC[C@@H](C3)[C@@H]2C1=O. The highest BCUT2D eigenvalue weighted by Gasteiger charge is 2.62. The van der Waals surface area contributed by atoms with Gasteiger partial charge < -0.3 is 10.1 Å². The number of hydrogen-bond acceptors (Lipinski definition) is 5. The highest BCUT2D eigenvalue weighted by atomic mass is 16.5. The molecule has 7 heteroatoms. The molecule has 1 N–H and O–H groups in total. The Kier molecular flexibility index (Phi) is 5.62. The number of nitrogens with zero attached hydrogens (tertiary/aromatic N) is 1. The fourth-order valence-corrected chi connectivity index (χ4v) is 5.79. The van der Waals surface area contributed by atoms with Gasteiger partial charge in [0.15, 0.2) is 6.61 Å². The first-order valence-corrected chi connectivity index (χ1v) is 11.1. The summed E-state index contributed by atoms with van der Waals surface area (Å²) >= 11 is 0. The lowest BCUT2D eigenvalue weighted by Gasteiger charge is -2.28. The van der Waals surface area contributed by atoms with E-state index in [9.17, 15) is 19.2 Å². The zero-order chi connectivity index (χ0) is 22.4. The molecule has 166 valence electrons. The number of esters is 1. The predicted molar refractivity (Wildman–Crippen MR) is 114 cm³/mol. The number of amides is 3. The second-order valence-electron chi connectivity index (χ2n) is 9.54. The van der Waals surface area contributed by atoms with Crippen LogP contribution in [0.2, 0.25) is 0 Å². The van der Waals surface area contributed by atoms with Crippen LogP contribution < -0.4 is 5.32 Å². The maximum Gasteiger partial charge on any atom is 0.330 e. The fraction of sp³-hybridized carbons (Fsp3) is 0.583. The third-order valence-corrected chi connectivity index (χ3v) is 7.20. The molecule has 5 atom stereocenters. The summed E-state index contributed by atoms with van der Waals surface area (Å²) in [4.78, 5) is 52.7. The summed E-state index contributed by atoms with van der Waals surface area (Å²) in [6.07, 6.45) is 2.90. The standard InChI is InChI=1S/C24H30N2O5/c1-12(2)21(26-22(28)18-15-8-9-16(10-15)19(18)23(26)29)24(30)31-11-17(27)25-20-13(3)6-5-7-14(20)4/h5-7,12,15-16,18-19,21H,8-11H2,1-4H3,(H,25,27)/t15-,16+,18-,19-,21+/m0/s1. The number of benzene rings is 1. The Bertz CT molecular complexity index is 892. The van der Waals surface area contributed by atoms with Crippen molar-refractivity contribution in [1.29, 1.82) is 0 Å². The summed E-state index contributed by atoms with van der Waals surface area (Å²) < 4.78 is 5.28. The number of para-hydroxylation sites is 1. The van der Waals surface area contributed by atoms with Crippen LogP contribution >= 0.6 is 0 Å². The maximum absolute atomic E-state index is 13.1. The van der Waals surface area contributed by atoms with Crippen molar-refractivity contribution < 1.29 is 23.9 Å². The summed E-state index contributed by atoms with van der Waals surface area (Å²) in [6, 6.07) is 4.67. The Morgan fingerprint density at radius 2 is 1.61 bits per heavy atom. The van der Waals surface area contributed by atoms with Gasteiger partial charge >= 0.3 is 5.97 Å². The molecule has 1 aromatic carbocycles. The Balaban J connectivity index is 1.43. The van der Waals surface area contributed by atoms with Gasteiger partial charge in [0.2, 0.25) is 11.8 Å². The Morgan fingerprint density at radius 3 is 2.13 bits per heavy atom. The Labute approximate surface area is 182 Å².